The first-order chi connectivity index (χ1) is 18.4. The summed E-state index contributed by atoms with van der Waals surface area (Å²) < 4.78 is 22.8. The predicted molar refractivity (Wildman–Crippen MR) is 143 cm³/mol. The van der Waals surface area contributed by atoms with Crippen LogP contribution in [0.15, 0.2) is 36.0 Å². The average Bonchev–Trinajstić information content (AvgIpc) is 3.63. The van der Waals surface area contributed by atoms with Gasteiger partial charge in [0.15, 0.2) is 0 Å². The summed E-state index contributed by atoms with van der Waals surface area (Å²) in [6, 6.07) is -0.743. The number of hydrogen-bond acceptors (Lipinski definition) is 8. The second kappa shape index (κ2) is 13.6. The summed E-state index contributed by atoms with van der Waals surface area (Å²) >= 11 is 0. The summed E-state index contributed by atoms with van der Waals surface area (Å²) in [4.78, 5) is 34.4. The van der Waals surface area contributed by atoms with E-state index in [2.05, 4.69) is 23.6 Å². The molecule has 3 saturated heterocycles. The molecule has 5 unspecified atom stereocenters. The van der Waals surface area contributed by atoms with Crippen LogP contribution in [0.3, 0.4) is 0 Å². The third-order valence-corrected chi connectivity index (χ3v) is 7.43. The van der Waals surface area contributed by atoms with Gasteiger partial charge in [-0.3, -0.25) is 9.59 Å². The summed E-state index contributed by atoms with van der Waals surface area (Å²) in [6.45, 7) is 9.77. The summed E-state index contributed by atoms with van der Waals surface area (Å²) in [7, 11) is 0. The third-order valence-electron chi connectivity index (χ3n) is 7.43. The number of nitrogens with two attached hydrogens (primary N) is 1. The van der Waals surface area contributed by atoms with Crippen LogP contribution in [-0.4, -0.2) is 84.4 Å². The summed E-state index contributed by atoms with van der Waals surface area (Å²) in [5.74, 6) is -0.428. The minimum Gasteiger partial charge on any atom is -0.459 e. The highest BCUT2D eigenvalue weighted by molar-refractivity contribution is 5.87. The maximum absolute atomic E-state index is 12.3. The topological polar surface area (TPSA) is 162 Å². The molecule has 3 rings (SSSR count). The van der Waals surface area contributed by atoms with Crippen molar-refractivity contribution in [2.45, 2.75) is 102 Å². The molecule has 3 amide bonds. The lowest BCUT2D eigenvalue weighted by Crippen LogP contribution is -2.53. The Morgan fingerprint density at radius 1 is 1.21 bits per heavy atom. The van der Waals surface area contributed by atoms with E-state index in [-0.39, 0.29) is 42.7 Å². The smallest absolute Gasteiger partial charge is 0.312 e. The number of nitrogens with one attached hydrogen (secondary N) is 2. The first-order valence-corrected chi connectivity index (χ1v) is 13.6. The first-order valence-electron chi connectivity index (χ1n) is 13.6. The van der Waals surface area contributed by atoms with E-state index in [4.69, 9.17) is 24.7 Å². The molecule has 0 bridgehead atoms. The molecule has 0 saturated carbocycles. The number of carbonyl (C=O) groups is 3. The molecule has 0 aromatic rings. The Morgan fingerprint density at radius 2 is 1.92 bits per heavy atom. The Balaban J connectivity index is 1.49. The van der Waals surface area contributed by atoms with E-state index in [1.165, 1.54) is 13.0 Å². The zero-order valence-electron chi connectivity index (χ0n) is 23.4. The summed E-state index contributed by atoms with van der Waals surface area (Å²) in [5, 5.41) is 16.3. The molecule has 0 aliphatic carbocycles. The van der Waals surface area contributed by atoms with E-state index in [1.807, 2.05) is 26.0 Å². The molecule has 0 aromatic heterocycles. The Morgan fingerprint density at radius 3 is 2.56 bits per heavy atom. The highest BCUT2D eigenvalue weighted by atomic mass is 16.6. The van der Waals surface area contributed by atoms with E-state index in [9.17, 15) is 19.5 Å². The number of hydrogen-bond donors (Lipinski definition) is 4. The van der Waals surface area contributed by atoms with Gasteiger partial charge in [0.25, 0.3) is 0 Å². The lowest BCUT2D eigenvalue weighted by molar-refractivity contribution is -0.143. The lowest BCUT2D eigenvalue weighted by atomic mass is 9.87. The number of carbonyl (C=O) groups excluding carboxylic acids is 3. The molecule has 11 nitrogen and oxygen atoms in total. The van der Waals surface area contributed by atoms with Crippen LogP contribution in [0.25, 0.3) is 0 Å². The minimum atomic E-state index is -0.791. The van der Waals surface area contributed by atoms with Gasteiger partial charge in [-0.2, -0.15) is 0 Å². The first kappa shape index (κ1) is 30.8. The van der Waals surface area contributed by atoms with Crippen molar-refractivity contribution >= 4 is 17.9 Å². The fraction of sp³-hybridized carbons (Fsp3) is 0.679. The normalized spacial score (nSPS) is 35.6. The molecule has 3 fully saturated rings. The van der Waals surface area contributed by atoms with Gasteiger partial charge in [-0.15, -0.1) is 0 Å². The van der Waals surface area contributed by atoms with Gasteiger partial charge < -0.3 is 40.4 Å². The number of urea groups is 1. The van der Waals surface area contributed by atoms with Crippen LogP contribution in [0, 0.1) is 5.92 Å². The fourth-order valence-corrected chi connectivity index (χ4v) is 5.10. The van der Waals surface area contributed by atoms with E-state index in [0.29, 0.717) is 19.4 Å². The maximum Gasteiger partial charge on any atom is 0.312 e. The number of aliphatic hydroxyl groups excluding tert-OH is 1. The van der Waals surface area contributed by atoms with Crippen LogP contribution in [-0.2, 0) is 28.5 Å². The molecule has 11 heteroatoms. The number of epoxide rings is 1. The van der Waals surface area contributed by atoms with E-state index < -0.39 is 35.9 Å². The average molecular weight is 550 g/mol. The molecule has 39 heavy (non-hydrogen) atoms. The van der Waals surface area contributed by atoms with Crippen molar-refractivity contribution in [3.63, 3.8) is 0 Å². The Bertz CT molecular complexity index is 976. The third kappa shape index (κ3) is 9.16. The zero-order chi connectivity index (χ0) is 28.7. The second-order valence-electron chi connectivity index (χ2n) is 10.9. The van der Waals surface area contributed by atoms with Crippen LogP contribution in [0.1, 0.15) is 53.9 Å². The fourth-order valence-electron chi connectivity index (χ4n) is 5.10. The maximum atomic E-state index is 12.3. The predicted octanol–water partition coefficient (Wildman–Crippen LogP) is 1.64. The molecule has 0 radical (unpaired) electrons. The quantitative estimate of drug-likeness (QED) is 0.138. The second-order valence-corrected chi connectivity index (χ2v) is 10.9. The van der Waals surface area contributed by atoms with Gasteiger partial charge in [0, 0.05) is 26.0 Å². The van der Waals surface area contributed by atoms with Crippen molar-refractivity contribution in [1.29, 1.82) is 0 Å². The molecule has 1 spiro atoms. The van der Waals surface area contributed by atoms with Gasteiger partial charge >= 0.3 is 12.0 Å². The van der Waals surface area contributed by atoms with Crippen LogP contribution >= 0.6 is 0 Å². The minimum absolute atomic E-state index is 0.0000540. The number of rotatable bonds is 10. The zero-order valence-corrected chi connectivity index (χ0v) is 23.4. The molecular formula is C28H43N3O8. The monoisotopic (exact) mass is 549 g/mol. The van der Waals surface area contributed by atoms with Crippen molar-refractivity contribution in [3.05, 3.63) is 36.0 Å². The van der Waals surface area contributed by atoms with Crippen LogP contribution in [0.4, 0.5) is 4.79 Å². The van der Waals surface area contributed by atoms with Crippen LogP contribution in [0.2, 0.25) is 0 Å². The van der Waals surface area contributed by atoms with Gasteiger partial charge in [-0.05, 0) is 45.6 Å². The van der Waals surface area contributed by atoms with Gasteiger partial charge in [0.05, 0.1) is 31.0 Å². The number of esters is 1. The molecule has 5 N–H and O–H groups in total. The Kier molecular flexibility index (Phi) is 10.7. The number of amides is 3. The van der Waals surface area contributed by atoms with Gasteiger partial charge in [-0.25, -0.2) is 4.79 Å². The molecule has 218 valence electrons. The SMILES string of the molecule is CC(=O)O[C@@H](C)/C=C\C(=O)N[C@@H]1C[C@H](C)[C@H](C/C=C(\C)C=CC2OC(CNC(N)=O)CC3(CO3)C2O)OC1C. The highest BCUT2D eigenvalue weighted by Crippen LogP contribution is 2.42. The van der Waals surface area contributed by atoms with Crippen molar-refractivity contribution in [2.24, 2.45) is 11.7 Å². The number of primary amides is 1. The number of ether oxygens (including phenoxy) is 4. The van der Waals surface area contributed by atoms with Gasteiger partial charge in [-0.1, -0.05) is 30.7 Å². The molecule has 9 atom stereocenters. The standard InChI is InChI=1S/C28H43N3O8/c1-16(7-10-24-26(34)28(15-36-28)13-21(39-24)14-30-27(29)35)6-9-23-17(2)12-22(19(4)38-23)31-25(33)11-8-18(3)37-20(5)32/h6-8,10-11,17-19,21-24,26,34H,9,12-15H2,1-5H3,(H,31,33)(H3,29,30,35)/b10-7?,11-8-,16-6+/t17-,18-,19?,21?,22+,23-,24?,26?,28?/m0/s1. The highest BCUT2D eigenvalue weighted by Gasteiger charge is 2.58. The van der Waals surface area contributed by atoms with Crippen molar-refractivity contribution in [2.75, 3.05) is 13.2 Å². The number of allylic oxidation sites excluding steroid dienone is 2. The van der Waals surface area contributed by atoms with Crippen molar-refractivity contribution < 1.29 is 38.4 Å². The molecule has 0 aromatic carbocycles. The van der Waals surface area contributed by atoms with Crippen molar-refractivity contribution in [3.8, 4) is 0 Å². The van der Waals surface area contributed by atoms with Gasteiger partial charge in [0.1, 0.15) is 23.9 Å². The van der Waals surface area contributed by atoms with Crippen LogP contribution < -0.4 is 16.4 Å². The molecule has 3 heterocycles. The summed E-state index contributed by atoms with van der Waals surface area (Å²) in [6.07, 6.45) is 8.44. The van der Waals surface area contributed by atoms with Crippen molar-refractivity contribution in [1.82, 2.24) is 10.6 Å². The van der Waals surface area contributed by atoms with E-state index in [0.717, 1.165) is 12.0 Å². The molecule has 3 aliphatic rings. The van der Waals surface area contributed by atoms with E-state index >= 15 is 0 Å². The molecule has 3 aliphatic heterocycles. The largest absolute Gasteiger partial charge is 0.459 e. The Hall–Kier alpha value is -2.73. The number of aliphatic hydroxyl groups is 1. The summed E-state index contributed by atoms with van der Waals surface area (Å²) in [5.41, 5.74) is 5.55. The lowest BCUT2D eigenvalue weighted by Gasteiger charge is -2.39. The molecular weight excluding hydrogens is 506 g/mol. The van der Waals surface area contributed by atoms with Gasteiger partial charge in [0.2, 0.25) is 5.91 Å². The van der Waals surface area contributed by atoms with Crippen LogP contribution in [0.5, 0.6) is 0 Å². The van der Waals surface area contributed by atoms with E-state index in [1.54, 1.807) is 13.0 Å². The Labute approximate surface area is 230 Å².